The van der Waals surface area contributed by atoms with Crippen molar-refractivity contribution in [3.8, 4) is 5.75 Å². The molecular weight excluding hydrogens is 267 g/mol. The van der Waals surface area contributed by atoms with Crippen molar-refractivity contribution in [3.63, 3.8) is 0 Å². The molecule has 0 bridgehead atoms. The van der Waals surface area contributed by atoms with Crippen molar-refractivity contribution in [1.82, 2.24) is 0 Å². The van der Waals surface area contributed by atoms with E-state index in [-0.39, 0.29) is 17.8 Å². The first kappa shape index (κ1) is 15.5. The van der Waals surface area contributed by atoms with Crippen molar-refractivity contribution in [2.75, 3.05) is 0 Å². The molecular formula is C18H21FO2. The minimum atomic E-state index is -0.374. The van der Waals surface area contributed by atoms with E-state index in [1.54, 1.807) is 6.07 Å². The van der Waals surface area contributed by atoms with Crippen LogP contribution in [-0.2, 0) is 18.6 Å². The molecule has 21 heavy (non-hydrogen) atoms. The molecule has 0 radical (unpaired) electrons. The van der Waals surface area contributed by atoms with Crippen LogP contribution in [-0.4, -0.2) is 5.11 Å². The van der Waals surface area contributed by atoms with E-state index in [0.29, 0.717) is 17.9 Å². The fourth-order valence-corrected chi connectivity index (χ4v) is 2.07. The van der Waals surface area contributed by atoms with Gasteiger partial charge in [0, 0.05) is 5.56 Å². The first-order chi connectivity index (χ1) is 9.90. The van der Waals surface area contributed by atoms with Gasteiger partial charge < -0.3 is 9.84 Å². The zero-order valence-electron chi connectivity index (χ0n) is 12.7. The average Bonchev–Trinajstić information content (AvgIpc) is 2.45. The lowest BCUT2D eigenvalue weighted by molar-refractivity contribution is 0.258. The highest BCUT2D eigenvalue weighted by atomic mass is 19.1. The van der Waals surface area contributed by atoms with Gasteiger partial charge >= 0.3 is 0 Å². The van der Waals surface area contributed by atoms with Crippen LogP contribution in [0.3, 0.4) is 0 Å². The van der Waals surface area contributed by atoms with E-state index in [1.165, 1.54) is 17.7 Å². The monoisotopic (exact) mass is 288 g/mol. The van der Waals surface area contributed by atoms with Gasteiger partial charge in [0.15, 0.2) is 0 Å². The molecule has 0 heterocycles. The van der Waals surface area contributed by atoms with Crippen LogP contribution >= 0.6 is 0 Å². The molecule has 2 aromatic carbocycles. The number of halogens is 1. The Labute approximate surface area is 125 Å². The van der Waals surface area contributed by atoms with Gasteiger partial charge in [-0.3, -0.25) is 0 Å². The lowest BCUT2D eigenvalue weighted by atomic mass is 9.87. The van der Waals surface area contributed by atoms with Crippen LogP contribution in [0, 0.1) is 5.82 Å². The van der Waals surface area contributed by atoms with Gasteiger partial charge in [-0.15, -0.1) is 0 Å². The molecule has 0 saturated carbocycles. The fourth-order valence-electron chi connectivity index (χ4n) is 2.07. The van der Waals surface area contributed by atoms with Crippen molar-refractivity contribution in [1.29, 1.82) is 0 Å². The molecule has 2 aromatic rings. The third-order valence-corrected chi connectivity index (χ3v) is 3.41. The van der Waals surface area contributed by atoms with Crippen molar-refractivity contribution >= 4 is 0 Å². The maximum absolute atomic E-state index is 13.1. The molecule has 2 rings (SSSR count). The number of ether oxygens (including phenoxy) is 1. The molecule has 1 N–H and O–H groups in total. The van der Waals surface area contributed by atoms with E-state index in [4.69, 9.17) is 4.74 Å². The summed E-state index contributed by atoms with van der Waals surface area (Å²) in [4.78, 5) is 0. The maximum atomic E-state index is 13.1. The van der Waals surface area contributed by atoms with E-state index in [1.807, 2.05) is 12.1 Å². The summed E-state index contributed by atoms with van der Waals surface area (Å²) >= 11 is 0. The molecule has 3 heteroatoms. The summed E-state index contributed by atoms with van der Waals surface area (Å²) in [6, 6.07) is 12.4. The number of benzene rings is 2. The summed E-state index contributed by atoms with van der Waals surface area (Å²) in [5.74, 6) is 0.139. The fraction of sp³-hybridized carbons (Fsp3) is 0.333. The largest absolute Gasteiger partial charge is 0.489 e. The minimum Gasteiger partial charge on any atom is -0.489 e. The third kappa shape index (κ3) is 4.05. The van der Waals surface area contributed by atoms with Gasteiger partial charge in [0.1, 0.15) is 18.2 Å². The van der Waals surface area contributed by atoms with Crippen LogP contribution in [0.1, 0.15) is 37.5 Å². The molecule has 0 amide bonds. The Morgan fingerprint density at radius 1 is 1.05 bits per heavy atom. The highest BCUT2D eigenvalue weighted by Crippen LogP contribution is 2.24. The highest BCUT2D eigenvalue weighted by molar-refractivity contribution is 5.34. The second kappa shape index (κ2) is 6.27. The molecule has 0 aliphatic heterocycles. The lowest BCUT2D eigenvalue weighted by Crippen LogP contribution is -2.10. The van der Waals surface area contributed by atoms with Gasteiger partial charge in [0.05, 0.1) is 6.61 Å². The predicted octanol–water partition coefficient (Wildman–Crippen LogP) is 4.19. The molecule has 0 aromatic heterocycles. The van der Waals surface area contributed by atoms with Gasteiger partial charge in [-0.2, -0.15) is 0 Å². The quantitative estimate of drug-likeness (QED) is 0.914. The first-order valence-corrected chi connectivity index (χ1v) is 7.01. The number of aliphatic hydroxyl groups is 1. The van der Waals surface area contributed by atoms with E-state index in [9.17, 15) is 9.50 Å². The summed E-state index contributed by atoms with van der Waals surface area (Å²) in [7, 11) is 0. The van der Waals surface area contributed by atoms with Gasteiger partial charge in [-0.25, -0.2) is 4.39 Å². The van der Waals surface area contributed by atoms with Gasteiger partial charge in [-0.1, -0.05) is 45.0 Å². The number of aliphatic hydroxyl groups excluding tert-OH is 1. The molecule has 0 aliphatic rings. The Balaban J connectivity index is 2.07. The van der Waals surface area contributed by atoms with Gasteiger partial charge in [0.2, 0.25) is 0 Å². The molecule has 0 aliphatic carbocycles. The predicted molar refractivity (Wildman–Crippen MR) is 81.8 cm³/mol. The summed E-state index contributed by atoms with van der Waals surface area (Å²) < 4.78 is 18.8. The zero-order chi connectivity index (χ0) is 15.5. The molecule has 0 saturated heterocycles. The Morgan fingerprint density at radius 2 is 1.71 bits per heavy atom. The molecule has 112 valence electrons. The standard InChI is InChI=1S/C18H21FO2/c1-18(2,3)15-6-4-13(5-7-15)12-21-17-9-8-16(19)10-14(17)11-20/h4-10,20H,11-12H2,1-3H3. The summed E-state index contributed by atoms with van der Waals surface area (Å²) in [5, 5.41) is 9.22. The molecule has 0 unspecified atom stereocenters. The smallest absolute Gasteiger partial charge is 0.125 e. The summed E-state index contributed by atoms with van der Waals surface area (Å²) in [6.07, 6.45) is 0. The Morgan fingerprint density at radius 3 is 2.29 bits per heavy atom. The van der Waals surface area contributed by atoms with Crippen LogP contribution in [0.2, 0.25) is 0 Å². The van der Waals surface area contributed by atoms with Gasteiger partial charge in [0.25, 0.3) is 0 Å². The van der Waals surface area contributed by atoms with Crippen molar-refractivity contribution in [2.45, 2.75) is 39.4 Å². The topological polar surface area (TPSA) is 29.5 Å². The van der Waals surface area contributed by atoms with E-state index < -0.39 is 0 Å². The van der Waals surface area contributed by atoms with Crippen molar-refractivity contribution < 1.29 is 14.2 Å². The van der Waals surface area contributed by atoms with E-state index in [0.717, 1.165) is 5.56 Å². The van der Waals surface area contributed by atoms with Crippen LogP contribution in [0.4, 0.5) is 4.39 Å². The third-order valence-electron chi connectivity index (χ3n) is 3.41. The Kier molecular flexibility index (Phi) is 4.63. The van der Waals surface area contributed by atoms with Crippen LogP contribution in [0.15, 0.2) is 42.5 Å². The minimum absolute atomic E-state index is 0.125. The van der Waals surface area contributed by atoms with Gasteiger partial charge in [-0.05, 0) is 34.7 Å². The molecule has 0 fully saturated rings. The average molecular weight is 288 g/mol. The Bertz CT molecular complexity index is 598. The number of hydrogen-bond donors (Lipinski definition) is 1. The van der Waals surface area contributed by atoms with Crippen LogP contribution in [0.25, 0.3) is 0 Å². The Hall–Kier alpha value is -1.87. The summed E-state index contributed by atoms with van der Waals surface area (Å²) in [5.41, 5.74) is 2.89. The zero-order valence-corrected chi connectivity index (χ0v) is 12.7. The number of rotatable bonds is 4. The SMILES string of the molecule is CC(C)(C)c1ccc(COc2ccc(F)cc2CO)cc1. The highest BCUT2D eigenvalue weighted by Gasteiger charge is 2.13. The second-order valence-corrected chi connectivity index (χ2v) is 6.15. The van der Waals surface area contributed by atoms with E-state index >= 15 is 0 Å². The number of hydrogen-bond acceptors (Lipinski definition) is 2. The maximum Gasteiger partial charge on any atom is 0.125 e. The first-order valence-electron chi connectivity index (χ1n) is 7.01. The molecule has 2 nitrogen and oxygen atoms in total. The summed E-state index contributed by atoms with van der Waals surface area (Å²) in [6.45, 7) is 6.67. The van der Waals surface area contributed by atoms with Crippen molar-refractivity contribution in [2.24, 2.45) is 0 Å². The second-order valence-electron chi connectivity index (χ2n) is 6.15. The van der Waals surface area contributed by atoms with E-state index in [2.05, 4.69) is 32.9 Å². The van der Waals surface area contributed by atoms with Crippen LogP contribution < -0.4 is 4.74 Å². The lowest BCUT2D eigenvalue weighted by Gasteiger charge is -2.19. The molecule has 0 atom stereocenters. The molecule has 0 spiro atoms. The van der Waals surface area contributed by atoms with Crippen molar-refractivity contribution in [3.05, 3.63) is 65.0 Å². The van der Waals surface area contributed by atoms with Crippen LogP contribution in [0.5, 0.6) is 5.75 Å². The normalized spacial score (nSPS) is 11.5.